The number of amides is 3. The number of rotatable bonds is 11. The summed E-state index contributed by atoms with van der Waals surface area (Å²) in [6.45, 7) is 0.962. The van der Waals surface area contributed by atoms with E-state index in [-0.39, 0.29) is 13.0 Å². The topological polar surface area (TPSA) is 204 Å². The molecule has 32 heavy (non-hydrogen) atoms. The molecule has 0 bridgehead atoms. The number of hydrogen-bond donors (Lipinski definition) is 7. The Kier molecular flexibility index (Phi) is 8.30. The van der Waals surface area contributed by atoms with E-state index in [1.807, 2.05) is 24.3 Å². The molecule has 1 aromatic heterocycles. The fourth-order valence-electron chi connectivity index (χ4n) is 3.03. The third-order valence-corrected chi connectivity index (χ3v) is 4.68. The first-order valence-electron chi connectivity index (χ1n) is 9.72. The molecule has 0 aliphatic heterocycles. The quantitative estimate of drug-likeness (QED) is 0.220. The minimum Gasteiger partial charge on any atom is -0.481 e. The molecule has 0 radical (unpaired) electrons. The first-order chi connectivity index (χ1) is 15.1. The van der Waals surface area contributed by atoms with Crippen LogP contribution in [-0.2, 0) is 30.4 Å². The Bertz CT molecular complexity index is 1020. The van der Waals surface area contributed by atoms with Crippen LogP contribution in [0, 0.1) is 0 Å². The molecule has 8 N–H and O–H groups in total. The fraction of sp³-hybridized carbons (Fsp3) is 0.350. The number of fused-ring (bicyclic) bond motifs is 1. The summed E-state index contributed by atoms with van der Waals surface area (Å²) in [7, 11) is 0. The highest BCUT2D eigenvalue weighted by Gasteiger charge is 2.28. The smallest absolute Gasteiger partial charge is 0.326 e. The predicted octanol–water partition coefficient (Wildman–Crippen LogP) is -1.30. The van der Waals surface area contributed by atoms with Gasteiger partial charge in [0.05, 0.1) is 13.0 Å². The summed E-state index contributed by atoms with van der Waals surface area (Å²) in [5.41, 5.74) is 6.94. The molecule has 2 rings (SSSR count). The predicted molar refractivity (Wildman–Crippen MR) is 112 cm³/mol. The van der Waals surface area contributed by atoms with Crippen molar-refractivity contribution in [3.8, 4) is 0 Å². The van der Waals surface area contributed by atoms with Gasteiger partial charge in [-0.15, -0.1) is 0 Å². The van der Waals surface area contributed by atoms with Crippen molar-refractivity contribution in [2.75, 3.05) is 6.54 Å². The summed E-state index contributed by atoms with van der Waals surface area (Å²) >= 11 is 0. The molecule has 1 heterocycles. The Morgan fingerprint density at radius 1 is 1.00 bits per heavy atom. The average Bonchev–Trinajstić information content (AvgIpc) is 3.14. The highest BCUT2D eigenvalue weighted by atomic mass is 16.4. The first kappa shape index (κ1) is 24.3. The molecule has 3 atom stereocenters. The summed E-state index contributed by atoms with van der Waals surface area (Å²) in [6, 6.07) is 3.47. The van der Waals surface area contributed by atoms with Gasteiger partial charge in [0, 0.05) is 23.5 Å². The van der Waals surface area contributed by atoms with Gasteiger partial charge in [0.1, 0.15) is 18.1 Å². The number of carbonyl (C=O) groups excluding carboxylic acids is 3. The van der Waals surface area contributed by atoms with E-state index in [1.54, 1.807) is 6.20 Å². The summed E-state index contributed by atoms with van der Waals surface area (Å²) < 4.78 is 0. The lowest BCUT2D eigenvalue weighted by Gasteiger charge is -2.22. The summed E-state index contributed by atoms with van der Waals surface area (Å²) in [6.07, 6.45) is 0.989. The maximum Gasteiger partial charge on any atom is 0.326 e. The average molecular weight is 447 g/mol. The van der Waals surface area contributed by atoms with E-state index in [1.165, 1.54) is 6.92 Å². The largest absolute Gasteiger partial charge is 0.481 e. The summed E-state index contributed by atoms with van der Waals surface area (Å²) in [5.74, 6) is -5.08. The van der Waals surface area contributed by atoms with Crippen molar-refractivity contribution in [1.29, 1.82) is 0 Å². The van der Waals surface area contributed by atoms with Crippen LogP contribution in [0.2, 0.25) is 0 Å². The Balaban J connectivity index is 2.11. The van der Waals surface area contributed by atoms with Gasteiger partial charge in [-0.3, -0.25) is 19.2 Å². The van der Waals surface area contributed by atoms with Gasteiger partial charge in [-0.25, -0.2) is 4.79 Å². The molecule has 2 aromatic rings. The second kappa shape index (κ2) is 10.9. The second-order valence-electron chi connectivity index (χ2n) is 7.12. The van der Waals surface area contributed by atoms with Gasteiger partial charge in [0.15, 0.2) is 0 Å². The zero-order valence-electron chi connectivity index (χ0n) is 17.3. The lowest BCUT2D eigenvalue weighted by molar-refractivity contribution is -0.147. The van der Waals surface area contributed by atoms with E-state index in [0.29, 0.717) is 0 Å². The van der Waals surface area contributed by atoms with Crippen LogP contribution in [0.15, 0.2) is 30.5 Å². The lowest BCUT2D eigenvalue weighted by Crippen LogP contribution is -2.56. The monoisotopic (exact) mass is 447 g/mol. The van der Waals surface area contributed by atoms with Crippen LogP contribution in [0.4, 0.5) is 0 Å². The molecule has 0 fully saturated rings. The Labute approximate surface area is 182 Å². The lowest BCUT2D eigenvalue weighted by atomic mass is 10.0. The Morgan fingerprint density at radius 3 is 2.31 bits per heavy atom. The third kappa shape index (κ3) is 6.54. The molecule has 3 amide bonds. The van der Waals surface area contributed by atoms with Gasteiger partial charge in [0.2, 0.25) is 17.7 Å². The Morgan fingerprint density at radius 2 is 1.69 bits per heavy atom. The molecule has 12 heteroatoms. The van der Waals surface area contributed by atoms with E-state index in [4.69, 9.17) is 15.9 Å². The van der Waals surface area contributed by atoms with Crippen LogP contribution in [0.1, 0.15) is 18.9 Å². The molecule has 0 saturated carbocycles. The van der Waals surface area contributed by atoms with Crippen molar-refractivity contribution >= 4 is 40.6 Å². The number of H-pyrrole nitrogens is 1. The normalized spacial score (nSPS) is 13.6. The standard InChI is InChI=1S/C20H25N5O7/c1-10(18(29)25-15(20(31)32)7-17(27)28)23-19(30)14(24-16(26)8-21)6-11-9-22-13-5-3-2-4-12(11)13/h2-5,9-10,14-15,22H,6-8,21H2,1H3,(H,23,30)(H,24,26)(H,25,29)(H,27,28)(H,31,32). The second-order valence-corrected chi connectivity index (χ2v) is 7.12. The molecule has 0 saturated heterocycles. The van der Waals surface area contributed by atoms with Crippen molar-refractivity contribution in [3.63, 3.8) is 0 Å². The van der Waals surface area contributed by atoms with Gasteiger partial charge in [0.25, 0.3) is 0 Å². The van der Waals surface area contributed by atoms with Crippen LogP contribution in [-0.4, -0.2) is 69.5 Å². The Hall–Kier alpha value is -3.93. The number of aliphatic carboxylic acids is 2. The van der Waals surface area contributed by atoms with Gasteiger partial charge in [-0.2, -0.15) is 0 Å². The van der Waals surface area contributed by atoms with E-state index < -0.39 is 54.2 Å². The minimum atomic E-state index is -1.65. The molecule has 0 aliphatic rings. The van der Waals surface area contributed by atoms with Crippen LogP contribution in [0.3, 0.4) is 0 Å². The number of carbonyl (C=O) groups is 5. The zero-order chi connectivity index (χ0) is 23.8. The number of benzene rings is 1. The van der Waals surface area contributed by atoms with Gasteiger partial charge >= 0.3 is 11.9 Å². The number of aromatic nitrogens is 1. The van der Waals surface area contributed by atoms with Gasteiger partial charge in [-0.1, -0.05) is 18.2 Å². The minimum absolute atomic E-state index is 0.104. The molecule has 1 aromatic carbocycles. The van der Waals surface area contributed by atoms with Crippen LogP contribution >= 0.6 is 0 Å². The highest BCUT2D eigenvalue weighted by molar-refractivity contribution is 5.94. The van der Waals surface area contributed by atoms with Crippen molar-refractivity contribution in [3.05, 3.63) is 36.0 Å². The highest BCUT2D eigenvalue weighted by Crippen LogP contribution is 2.19. The summed E-state index contributed by atoms with van der Waals surface area (Å²) in [5, 5.41) is 25.7. The van der Waals surface area contributed by atoms with Crippen molar-refractivity contribution in [1.82, 2.24) is 20.9 Å². The number of carboxylic acid groups (broad SMARTS) is 2. The van der Waals surface area contributed by atoms with E-state index in [9.17, 15) is 24.0 Å². The number of para-hydroxylation sites is 1. The molecular weight excluding hydrogens is 422 g/mol. The maximum atomic E-state index is 12.8. The number of carboxylic acids is 2. The van der Waals surface area contributed by atoms with Crippen molar-refractivity contribution in [2.24, 2.45) is 5.73 Å². The number of nitrogens with one attached hydrogen (secondary N) is 4. The molecular formula is C20H25N5O7. The van der Waals surface area contributed by atoms with Gasteiger partial charge in [-0.05, 0) is 18.6 Å². The molecule has 3 unspecified atom stereocenters. The number of aromatic amines is 1. The molecule has 12 nitrogen and oxygen atoms in total. The molecule has 172 valence electrons. The van der Waals surface area contributed by atoms with E-state index in [2.05, 4.69) is 20.9 Å². The van der Waals surface area contributed by atoms with Crippen molar-refractivity contribution < 1.29 is 34.2 Å². The molecule has 0 spiro atoms. The van der Waals surface area contributed by atoms with Crippen LogP contribution in [0.5, 0.6) is 0 Å². The number of nitrogens with two attached hydrogens (primary N) is 1. The molecule has 0 aliphatic carbocycles. The number of hydrogen-bond acceptors (Lipinski definition) is 6. The van der Waals surface area contributed by atoms with E-state index >= 15 is 0 Å². The van der Waals surface area contributed by atoms with Crippen LogP contribution < -0.4 is 21.7 Å². The first-order valence-corrected chi connectivity index (χ1v) is 9.72. The van der Waals surface area contributed by atoms with Crippen molar-refractivity contribution in [2.45, 2.75) is 37.9 Å². The van der Waals surface area contributed by atoms with Gasteiger partial charge < -0.3 is 36.9 Å². The zero-order valence-corrected chi connectivity index (χ0v) is 17.3. The SMILES string of the molecule is CC(NC(=O)C(Cc1c[nH]c2ccccc12)NC(=O)CN)C(=O)NC(CC(=O)O)C(=O)O. The maximum absolute atomic E-state index is 12.8. The fourth-order valence-corrected chi connectivity index (χ4v) is 3.03. The van der Waals surface area contributed by atoms with Crippen LogP contribution in [0.25, 0.3) is 10.9 Å². The van der Waals surface area contributed by atoms with E-state index in [0.717, 1.165) is 16.5 Å². The summed E-state index contributed by atoms with van der Waals surface area (Å²) in [4.78, 5) is 61.9. The third-order valence-electron chi connectivity index (χ3n) is 4.68.